The first-order chi connectivity index (χ1) is 7.13. The Balaban J connectivity index is 2.53. The summed E-state index contributed by atoms with van der Waals surface area (Å²) < 4.78 is 1.87. The first-order valence-corrected chi connectivity index (χ1v) is 6.09. The molecule has 86 valence electrons. The fraction of sp³-hybridized carbons (Fsp3) is 0.889. The summed E-state index contributed by atoms with van der Waals surface area (Å²) in [5.41, 5.74) is 0. The number of aromatic nitrogens is 4. The molecular formula is C9H19N5S. The Kier molecular flexibility index (Phi) is 5.04. The lowest BCUT2D eigenvalue weighted by Crippen LogP contribution is -2.19. The van der Waals surface area contributed by atoms with Gasteiger partial charge in [-0.15, -0.1) is 5.10 Å². The molecular weight excluding hydrogens is 210 g/mol. The summed E-state index contributed by atoms with van der Waals surface area (Å²) in [6.07, 6.45) is 1.13. The van der Waals surface area contributed by atoms with Gasteiger partial charge in [0.15, 0.2) is 0 Å². The lowest BCUT2D eigenvalue weighted by atomic mass is 10.4. The lowest BCUT2D eigenvalue weighted by molar-refractivity contribution is 0.361. The Bertz CT molecular complexity index is 286. The number of likely N-dealkylation sites (N-methyl/N-ethyl adjacent to an activating group) is 1. The van der Waals surface area contributed by atoms with Crippen LogP contribution >= 0.6 is 11.8 Å². The second kappa shape index (κ2) is 6.07. The van der Waals surface area contributed by atoms with Crippen molar-refractivity contribution in [2.75, 3.05) is 20.6 Å². The quantitative estimate of drug-likeness (QED) is 0.684. The van der Waals surface area contributed by atoms with E-state index in [1.807, 2.05) is 18.8 Å². The zero-order valence-corrected chi connectivity index (χ0v) is 10.7. The first kappa shape index (κ1) is 12.4. The molecule has 0 fully saturated rings. The average molecular weight is 229 g/mol. The van der Waals surface area contributed by atoms with E-state index >= 15 is 0 Å². The minimum Gasteiger partial charge on any atom is -0.308 e. The number of tetrazole rings is 1. The maximum Gasteiger partial charge on any atom is 0.209 e. The first-order valence-electron chi connectivity index (χ1n) is 5.21. The van der Waals surface area contributed by atoms with Gasteiger partial charge >= 0.3 is 0 Å². The van der Waals surface area contributed by atoms with E-state index in [4.69, 9.17) is 0 Å². The van der Waals surface area contributed by atoms with Crippen LogP contribution in [0.5, 0.6) is 0 Å². The van der Waals surface area contributed by atoms with Crippen LogP contribution in [0.4, 0.5) is 0 Å². The van der Waals surface area contributed by atoms with Crippen LogP contribution < -0.4 is 0 Å². The molecule has 0 saturated heterocycles. The van der Waals surface area contributed by atoms with Crippen molar-refractivity contribution in [2.45, 2.75) is 37.2 Å². The normalized spacial score (nSPS) is 13.4. The Morgan fingerprint density at radius 2 is 2.20 bits per heavy atom. The number of hydrogen-bond acceptors (Lipinski definition) is 5. The topological polar surface area (TPSA) is 46.8 Å². The van der Waals surface area contributed by atoms with Crippen LogP contribution in [0.15, 0.2) is 5.16 Å². The van der Waals surface area contributed by atoms with Crippen LogP contribution in [0.3, 0.4) is 0 Å². The van der Waals surface area contributed by atoms with Crippen LogP contribution in [0, 0.1) is 0 Å². The lowest BCUT2D eigenvalue weighted by Gasteiger charge is -2.11. The molecule has 0 aliphatic carbocycles. The van der Waals surface area contributed by atoms with Crippen molar-refractivity contribution in [3.8, 4) is 0 Å². The molecule has 0 spiro atoms. The molecule has 15 heavy (non-hydrogen) atoms. The summed E-state index contributed by atoms with van der Waals surface area (Å²) in [5.74, 6) is 0. The van der Waals surface area contributed by atoms with E-state index < -0.39 is 0 Å². The molecule has 0 aliphatic rings. The monoisotopic (exact) mass is 229 g/mol. The second-order valence-electron chi connectivity index (χ2n) is 3.82. The molecule has 0 aliphatic heterocycles. The standard InChI is InChI=1S/C9H19N5S/c1-5-8(2)15-9-10-11-12-14(9)7-6-13(3)4/h8H,5-7H2,1-4H3/t8-/m0/s1. The van der Waals surface area contributed by atoms with Crippen molar-refractivity contribution in [3.63, 3.8) is 0 Å². The average Bonchev–Trinajstić information content (AvgIpc) is 2.62. The summed E-state index contributed by atoms with van der Waals surface area (Å²) in [6.45, 7) is 6.17. The van der Waals surface area contributed by atoms with Gasteiger partial charge in [0.05, 0.1) is 6.54 Å². The van der Waals surface area contributed by atoms with Gasteiger partial charge in [-0.05, 0) is 30.9 Å². The smallest absolute Gasteiger partial charge is 0.209 e. The predicted molar refractivity (Wildman–Crippen MR) is 62.0 cm³/mol. The zero-order valence-electron chi connectivity index (χ0n) is 9.84. The maximum absolute atomic E-state index is 4.03. The summed E-state index contributed by atoms with van der Waals surface area (Å²) in [4.78, 5) is 2.12. The fourth-order valence-corrected chi connectivity index (χ4v) is 1.84. The number of rotatable bonds is 6. The van der Waals surface area contributed by atoms with Gasteiger partial charge in [0.2, 0.25) is 5.16 Å². The summed E-state index contributed by atoms with van der Waals surface area (Å²) in [7, 11) is 4.09. The summed E-state index contributed by atoms with van der Waals surface area (Å²) in [6, 6.07) is 0. The molecule has 6 heteroatoms. The highest BCUT2D eigenvalue weighted by Crippen LogP contribution is 2.21. The van der Waals surface area contributed by atoms with Gasteiger partial charge in [-0.3, -0.25) is 0 Å². The minimum absolute atomic E-state index is 0.564. The molecule has 1 rings (SSSR count). The molecule has 1 atom stereocenters. The van der Waals surface area contributed by atoms with E-state index in [9.17, 15) is 0 Å². The van der Waals surface area contributed by atoms with Crippen molar-refractivity contribution in [2.24, 2.45) is 0 Å². The highest BCUT2D eigenvalue weighted by molar-refractivity contribution is 7.99. The van der Waals surface area contributed by atoms with Crippen molar-refractivity contribution in [1.29, 1.82) is 0 Å². The third kappa shape index (κ3) is 4.17. The third-order valence-corrected chi connectivity index (χ3v) is 3.38. The van der Waals surface area contributed by atoms with Gasteiger partial charge < -0.3 is 4.90 Å². The Hall–Kier alpha value is -0.620. The number of nitrogens with zero attached hydrogens (tertiary/aromatic N) is 5. The minimum atomic E-state index is 0.564. The van der Waals surface area contributed by atoms with Crippen LogP contribution in [0.25, 0.3) is 0 Å². The van der Waals surface area contributed by atoms with E-state index in [1.165, 1.54) is 0 Å². The number of hydrogen-bond donors (Lipinski definition) is 0. The van der Waals surface area contributed by atoms with Crippen LogP contribution in [-0.2, 0) is 6.54 Å². The molecule has 1 aromatic heterocycles. The SMILES string of the molecule is CC[C@H](C)Sc1nnnn1CCN(C)C. The fourth-order valence-electron chi connectivity index (χ4n) is 0.979. The van der Waals surface area contributed by atoms with Crippen molar-refractivity contribution >= 4 is 11.8 Å². The van der Waals surface area contributed by atoms with Crippen LogP contribution in [0.1, 0.15) is 20.3 Å². The van der Waals surface area contributed by atoms with Crippen molar-refractivity contribution in [3.05, 3.63) is 0 Å². The maximum atomic E-state index is 4.03. The predicted octanol–water partition coefficient (Wildman–Crippen LogP) is 1.13. The molecule has 0 bridgehead atoms. The van der Waals surface area contributed by atoms with Gasteiger partial charge in [0.25, 0.3) is 0 Å². The Morgan fingerprint density at radius 1 is 1.47 bits per heavy atom. The van der Waals surface area contributed by atoms with Gasteiger partial charge in [0.1, 0.15) is 0 Å². The molecule has 0 N–H and O–H groups in total. The van der Waals surface area contributed by atoms with Gasteiger partial charge in [-0.1, -0.05) is 25.6 Å². The molecule has 0 unspecified atom stereocenters. The zero-order chi connectivity index (χ0) is 11.3. The van der Waals surface area contributed by atoms with E-state index in [0.29, 0.717) is 5.25 Å². The molecule has 0 radical (unpaired) electrons. The second-order valence-corrected chi connectivity index (χ2v) is 5.23. The molecule has 1 heterocycles. The molecule has 5 nitrogen and oxygen atoms in total. The van der Waals surface area contributed by atoms with E-state index in [1.54, 1.807) is 11.8 Å². The molecule has 0 aromatic carbocycles. The van der Waals surface area contributed by atoms with Crippen LogP contribution in [0.2, 0.25) is 0 Å². The van der Waals surface area contributed by atoms with E-state index in [0.717, 1.165) is 24.7 Å². The van der Waals surface area contributed by atoms with Gasteiger partial charge in [-0.25, -0.2) is 4.68 Å². The third-order valence-electron chi connectivity index (χ3n) is 2.14. The van der Waals surface area contributed by atoms with Gasteiger partial charge in [-0.2, -0.15) is 0 Å². The summed E-state index contributed by atoms with van der Waals surface area (Å²) in [5, 5.41) is 13.2. The highest BCUT2D eigenvalue weighted by atomic mass is 32.2. The molecule has 0 saturated carbocycles. The van der Waals surface area contributed by atoms with E-state index in [2.05, 4.69) is 34.3 Å². The van der Waals surface area contributed by atoms with Crippen molar-refractivity contribution < 1.29 is 0 Å². The summed E-state index contributed by atoms with van der Waals surface area (Å²) >= 11 is 1.74. The van der Waals surface area contributed by atoms with Crippen molar-refractivity contribution in [1.82, 2.24) is 25.1 Å². The Morgan fingerprint density at radius 3 is 2.80 bits per heavy atom. The van der Waals surface area contributed by atoms with Gasteiger partial charge in [0, 0.05) is 11.8 Å². The molecule has 0 amide bonds. The van der Waals surface area contributed by atoms with Crippen LogP contribution in [-0.4, -0.2) is 51.0 Å². The molecule has 1 aromatic rings. The van der Waals surface area contributed by atoms with E-state index in [-0.39, 0.29) is 0 Å². The largest absolute Gasteiger partial charge is 0.308 e. The highest BCUT2D eigenvalue weighted by Gasteiger charge is 2.10. The Labute approximate surface area is 95.2 Å². The number of thioether (sulfide) groups is 1.